The second-order valence-electron chi connectivity index (χ2n) is 5.88. The second-order valence-corrected chi connectivity index (χ2v) is 5.88. The molecule has 0 aromatic heterocycles. The Hall–Kier alpha value is -2.24. The fourth-order valence-electron chi connectivity index (χ4n) is 2.79. The molecule has 6 heteroatoms. The van der Waals surface area contributed by atoms with Gasteiger partial charge in [-0.1, -0.05) is 25.1 Å². The number of guanidine groups is 1. The lowest BCUT2D eigenvalue weighted by atomic mass is 10.2. The minimum Gasteiger partial charge on any atom is -0.368 e. The third-order valence-electron chi connectivity index (χ3n) is 4.12. The average Bonchev–Trinajstić information content (AvgIpc) is 2.64. The van der Waals surface area contributed by atoms with Crippen LogP contribution in [0.2, 0.25) is 0 Å². The van der Waals surface area contributed by atoms with E-state index in [4.69, 9.17) is 0 Å². The average molecular weight is 331 g/mol. The lowest BCUT2D eigenvalue weighted by Crippen LogP contribution is -2.52. The van der Waals surface area contributed by atoms with Gasteiger partial charge >= 0.3 is 0 Å². The van der Waals surface area contributed by atoms with Crippen molar-refractivity contribution in [3.63, 3.8) is 0 Å². The molecule has 132 valence electrons. The Labute approximate surface area is 144 Å². The van der Waals surface area contributed by atoms with E-state index >= 15 is 0 Å². The van der Waals surface area contributed by atoms with E-state index in [2.05, 4.69) is 56.6 Å². The van der Waals surface area contributed by atoms with Gasteiger partial charge in [-0.25, -0.2) is 0 Å². The van der Waals surface area contributed by atoms with Crippen molar-refractivity contribution < 1.29 is 4.79 Å². The number of nitrogens with one attached hydrogen (secondary N) is 2. The third kappa shape index (κ3) is 5.44. The molecule has 1 saturated heterocycles. The van der Waals surface area contributed by atoms with Crippen molar-refractivity contribution >= 4 is 17.6 Å². The van der Waals surface area contributed by atoms with Crippen molar-refractivity contribution in [2.75, 3.05) is 51.2 Å². The topological polar surface area (TPSA) is 60.0 Å². The summed E-state index contributed by atoms with van der Waals surface area (Å²) in [5.41, 5.74) is 1.27. The zero-order valence-electron chi connectivity index (χ0n) is 14.8. The van der Waals surface area contributed by atoms with Gasteiger partial charge < -0.3 is 20.4 Å². The van der Waals surface area contributed by atoms with Crippen LogP contribution in [0.3, 0.4) is 0 Å². The van der Waals surface area contributed by atoms with Gasteiger partial charge in [-0.2, -0.15) is 0 Å². The first-order valence-electron chi connectivity index (χ1n) is 8.77. The molecule has 1 aliphatic heterocycles. The van der Waals surface area contributed by atoms with Gasteiger partial charge in [0, 0.05) is 58.4 Å². The summed E-state index contributed by atoms with van der Waals surface area (Å²) in [6, 6.07) is 10.5. The normalized spacial score (nSPS) is 15.3. The summed E-state index contributed by atoms with van der Waals surface area (Å²) in [6.45, 7) is 7.21. The van der Waals surface area contributed by atoms with E-state index in [0.717, 1.165) is 45.1 Å². The van der Waals surface area contributed by atoms with Crippen LogP contribution in [-0.4, -0.2) is 63.1 Å². The lowest BCUT2D eigenvalue weighted by molar-refractivity contribution is -0.120. The van der Waals surface area contributed by atoms with E-state index in [1.807, 2.05) is 6.07 Å². The highest BCUT2D eigenvalue weighted by atomic mass is 16.1. The summed E-state index contributed by atoms with van der Waals surface area (Å²) < 4.78 is 0. The Morgan fingerprint density at radius 3 is 2.42 bits per heavy atom. The van der Waals surface area contributed by atoms with Gasteiger partial charge in [0.25, 0.3) is 0 Å². The highest BCUT2D eigenvalue weighted by Gasteiger charge is 2.19. The zero-order valence-corrected chi connectivity index (χ0v) is 14.8. The fourth-order valence-corrected chi connectivity index (χ4v) is 2.79. The molecule has 0 spiro atoms. The molecule has 0 radical (unpaired) electrons. The SMILES string of the molecule is CCCNC(=O)CCNC(=NC)N1CCN(c2ccccc2)CC1. The minimum absolute atomic E-state index is 0.0914. The van der Waals surface area contributed by atoms with Crippen LogP contribution < -0.4 is 15.5 Å². The van der Waals surface area contributed by atoms with E-state index < -0.39 is 0 Å². The molecule has 1 amide bonds. The number of anilines is 1. The Morgan fingerprint density at radius 1 is 1.08 bits per heavy atom. The summed E-state index contributed by atoms with van der Waals surface area (Å²) >= 11 is 0. The standard InChI is InChI=1S/C18H29N5O/c1-3-10-20-17(24)9-11-21-18(19-2)23-14-12-22(13-15-23)16-7-5-4-6-8-16/h4-8H,3,9-15H2,1-2H3,(H,19,21)(H,20,24). The molecule has 24 heavy (non-hydrogen) atoms. The van der Waals surface area contributed by atoms with Crippen molar-refractivity contribution in [3.05, 3.63) is 30.3 Å². The van der Waals surface area contributed by atoms with Crippen molar-refractivity contribution in [2.45, 2.75) is 19.8 Å². The quantitative estimate of drug-likeness (QED) is 0.609. The monoisotopic (exact) mass is 331 g/mol. The van der Waals surface area contributed by atoms with Crippen LogP contribution in [0.25, 0.3) is 0 Å². The lowest BCUT2D eigenvalue weighted by Gasteiger charge is -2.37. The molecule has 1 aromatic rings. The van der Waals surface area contributed by atoms with Crippen molar-refractivity contribution in [2.24, 2.45) is 4.99 Å². The van der Waals surface area contributed by atoms with E-state index in [1.54, 1.807) is 7.05 Å². The zero-order chi connectivity index (χ0) is 17.2. The Balaban J connectivity index is 1.74. The van der Waals surface area contributed by atoms with Gasteiger partial charge in [-0.05, 0) is 18.6 Å². The maximum atomic E-state index is 11.6. The first kappa shape index (κ1) is 18.1. The number of carbonyl (C=O) groups excluding carboxylic acids is 1. The number of nitrogens with zero attached hydrogens (tertiary/aromatic N) is 3. The smallest absolute Gasteiger partial charge is 0.221 e. The predicted octanol–water partition coefficient (Wildman–Crippen LogP) is 1.30. The number of benzene rings is 1. The molecule has 0 atom stereocenters. The first-order chi connectivity index (χ1) is 11.7. The Bertz CT molecular complexity index is 523. The molecule has 2 N–H and O–H groups in total. The predicted molar refractivity (Wildman–Crippen MR) is 99.5 cm³/mol. The van der Waals surface area contributed by atoms with Gasteiger partial charge in [0.15, 0.2) is 5.96 Å². The van der Waals surface area contributed by atoms with Crippen LogP contribution in [0.1, 0.15) is 19.8 Å². The number of amides is 1. The first-order valence-corrected chi connectivity index (χ1v) is 8.77. The molecular formula is C18H29N5O. The van der Waals surface area contributed by atoms with Crippen LogP contribution in [0.5, 0.6) is 0 Å². The van der Waals surface area contributed by atoms with Gasteiger partial charge in [-0.15, -0.1) is 0 Å². The molecule has 6 nitrogen and oxygen atoms in total. The molecule has 2 rings (SSSR count). The van der Waals surface area contributed by atoms with Gasteiger partial charge in [0.1, 0.15) is 0 Å². The van der Waals surface area contributed by atoms with Crippen LogP contribution in [-0.2, 0) is 4.79 Å². The van der Waals surface area contributed by atoms with Crippen molar-refractivity contribution in [1.82, 2.24) is 15.5 Å². The number of hydrogen-bond acceptors (Lipinski definition) is 3. The van der Waals surface area contributed by atoms with Crippen molar-refractivity contribution in [3.8, 4) is 0 Å². The van der Waals surface area contributed by atoms with Crippen molar-refractivity contribution in [1.29, 1.82) is 0 Å². The number of piperazine rings is 1. The molecule has 0 bridgehead atoms. The molecule has 0 aliphatic carbocycles. The summed E-state index contributed by atoms with van der Waals surface area (Å²) in [6.07, 6.45) is 1.44. The highest BCUT2D eigenvalue weighted by molar-refractivity contribution is 5.81. The molecule has 0 unspecified atom stereocenters. The molecule has 1 fully saturated rings. The van der Waals surface area contributed by atoms with E-state index in [0.29, 0.717) is 13.0 Å². The summed E-state index contributed by atoms with van der Waals surface area (Å²) in [5, 5.41) is 6.19. The fraction of sp³-hybridized carbons (Fsp3) is 0.556. The van der Waals surface area contributed by atoms with Gasteiger partial charge in [0.05, 0.1) is 0 Å². The summed E-state index contributed by atoms with van der Waals surface area (Å²) in [7, 11) is 1.79. The van der Waals surface area contributed by atoms with Crippen LogP contribution in [0.4, 0.5) is 5.69 Å². The van der Waals surface area contributed by atoms with Crippen LogP contribution >= 0.6 is 0 Å². The number of hydrogen-bond donors (Lipinski definition) is 2. The molecular weight excluding hydrogens is 302 g/mol. The van der Waals surface area contributed by atoms with Gasteiger partial charge in [-0.3, -0.25) is 9.79 Å². The van der Waals surface area contributed by atoms with E-state index in [9.17, 15) is 4.79 Å². The van der Waals surface area contributed by atoms with Crippen LogP contribution in [0, 0.1) is 0 Å². The summed E-state index contributed by atoms with van der Waals surface area (Å²) in [4.78, 5) is 20.6. The largest absolute Gasteiger partial charge is 0.368 e. The minimum atomic E-state index is 0.0914. The molecule has 0 saturated carbocycles. The Morgan fingerprint density at radius 2 is 1.79 bits per heavy atom. The third-order valence-corrected chi connectivity index (χ3v) is 4.12. The number of aliphatic imine (C=N–C) groups is 1. The maximum absolute atomic E-state index is 11.6. The summed E-state index contributed by atoms with van der Waals surface area (Å²) in [5.74, 6) is 0.972. The molecule has 1 aliphatic rings. The number of para-hydroxylation sites is 1. The van der Waals surface area contributed by atoms with E-state index in [-0.39, 0.29) is 5.91 Å². The van der Waals surface area contributed by atoms with Crippen LogP contribution in [0.15, 0.2) is 35.3 Å². The molecule has 1 aromatic carbocycles. The second kappa shape index (κ2) is 9.80. The number of rotatable bonds is 6. The number of carbonyl (C=O) groups is 1. The van der Waals surface area contributed by atoms with E-state index in [1.165, 1.54) is 5.69 Å². The highest BCUT2D eigenvalue weighted by Crippen LogP contribution is 2.15. The maximum Gasteiger partial charge on any atom is 0.221 e. The van der Waals surface area contributed by atoms with Gasteiger partial charge in [0.2, 0.25) is 5.91 Å². The molecule has 1 heterocycles. The Kier molecular flexibility index (Phi) is 7.39.